The molecule has 7 heteroatoms. The van der Waals surface area contributed by atoms with E-state index in [2.05, 4.69) is 30.1 Å². The SMILES string of the molecule is CC(C)=CCN1Cc2cccc([N+](=O)[O-])c2NCC1c1ccc(Cl)c(Cl)c1. The molecule has 0 bridgehead atoms. The Morgan fingerprint density at radius 1 is 1.30 bits per heavy atom. The molecule has 2 aromatic carbocycles. The first-order valence-electron chi connectivity index (χ1n) is 8.69. The second-order valence-corrected chi connectivity index (χ2v) is 7.66. The molecular formula is C20H21Cl2N3O2. The van der Waals surface area contributed by atoms with Crippen LogP contribution in [0.25, 0.3) is 0 Å². The highest BCUT2D eigenvalue weighted by Crippen LogP contribution is 2.36. The van der Waals surface area contributed by atoms with E-state index in [0.717, 1.165) is 17.7 Å². The summed E-state index contributed by atoms with van der Waals surface area (Å²) >= 11 is 12.3. The largest absolute Gasteiger partial charge is 0.377 e. The van der Waals surface area contributed by atoms with Gasteiger partial charge in [0, 0.05) is 25.7 Å². The van der Waals surface area contributed by atoms with E-state index in [1.165, 1.54) is 11.6 Å². The van der Waals surface area contributed by atoms with Crippen LogP contribution in [0.2, 0.25) is 10.0 Å². The Hall–Kier alpha value is -2.08. The fraction of sp³-hybridized carbons (Fsp3) is 0.300. The van der Waals surface area contributed by atoms with Crippen LogP contribution in [0.4, 0.5) is 11.4 Å². The smallest absolute Gasteiger partial charge is 0.292 e. The molecule has 0 radical (unpaired) electrons. The number of rotatable bonds is 4. The molecule has 0 saturated carbocycles. The number of halogens is 2. The molecule has 1 aliphatic rings. The molecule has 3 rings (SSSR count). The molecule has 2 aromatic rings. The van der Waals surface area contributed by atoms with Crippen molar-refractivity contribution < 1.29 is 4.92 Å². The summed E-state index contributed by atoms with van der Waals surface area (Å²) < 4.78 is 0. The highest BCUT2D eigenvalue weighted by atomic mass is 35.5. The van der Waals surface area contributed by atoms with Crippen LogP contribution in [0.1, 0.15) is 31.0 Å². The highest BCUT2D eigenvalue weighted by Gasteiger charge is 2.28. The van der Waals surface area contributed by atoms with Gasteiger partial charge in [-0.1, -0.05) is 53.1 Å². The maximum atomic E-state index is 11.4. The predicted octanol–water partition coefficient (Wildman–Crippen LogP) is 5.84. The second-order valence-electron chi connectivity index (χ2n) is 6.85. The maximum absolute atomic E-state index is 11.4. The van der Waals surface area contributed by atoms with Crippen molar-refractivity contribution in [2.75, 3.05) is 18.4 Å². The first kappa shape index (κ1) is 19.7. The average molecular weight is 406 g/mol. The monoisotopic (exact) mass is 405 g/mol. The summed E-state index contributed by atoms with van der Waals surface area (Å²) in [6.45, 7) is 5.98. The van der Waals surface area contributed by atoms with Gasteiger partial charge in [-0.05, 0) is 37.1 Å². The van der Waals surface area contributed by atoms with Gasteiger partial charge in [-0.2, -0.15) is 0 Å². The van der Waals surface area contributed by atoms with Crippen molar-refractivity contribution in [1.82, 2.24) is 4.90 Å². The van der Waals surface area contributed by atoms with Crippen LogP contribution in [-0.2, 0) is 6.54 Å². The lowest BCUT2D eigenvalue weighted by atomic mass is 10.0. The van der Waals surface area contributed by atoms with Crippen molar-refractivity contribution in [2.45, 2.75) is 26.4 Å². The summed E-state index contributed by atoms with van der Waals surface area (Å²) in [6, 6.07) is 10.8. The molecule has 5 nitrogen and oxygen atoms in total. The van der Waals surface area contributed by atoms with Gasteiger partial charge in [0.25, 0.3) is 5.69 Å². The number of nitro groups is 1. The number of nitrogens with zero attached hydrogens (tertiary/aromatic N) is 2. The molecule has 1 N–H and O–H groups in total. The summed E-state index contributed by atoms with van der Waals surface area (Å²) in [5.41, 5.74) is 3.85. The van der Waals surface area contributed by atoms with Crippen molar-refractivity contribution in [3.05, 3.63) is 79.3 Å². The Kier molecular flexibility index (Phi) is 6.05. The lowest BCUT2D eigenvalue weighted by Gasteiger charge is -2.29. The van der Waals surface area contributed by atoms with E-state index in [4.69, 9.17) is 23.2 Å². The van der Waals surface area contributed by atoms with Gasteiger partial charge >= 0.3 is 0 Å². The topological polar surface area (TPSA) is 58.4 Å². The first-order chi connectivity index (χ1) is 12.9. The molecule has 1 aliphatic heterocycles. The van der Waals surface area contributed by atoms with Crippen LogP contribution >= 0.6 is 23.2 Å². The molecule has 1 heterocycles. The van der Waals surface area contributed by atoms with Crippen molar-refractivity contribution in [1.29, 1.82) is 0 Å². The molecule has 0 amide bonds. The van der Waals surface area contributed by atoms with Gasteiger partial charge in [-0.3, -0.25) is 15.0 Å². The number of nitrogens with one attached hydrogen (secondary N) is 1. The Labute approximate surface area is 168 Å². The number of benzene rings is 2. The molecule has 0 saturated heterocycles. The van der Waals surface area contributed by atoms with Crippen LogP contribution < -0.4 is 5.32 Å². The molecule has 0 aliphatic carbocycles. The summed E-state index contributed by atoms with van der Waals surface area (Å²) in [5.74, 6) is 0. The summed E-state index contributed by atoms with van der Waals surface area (Å²) in [4.78, 5) is 13.4. The zero-order valence-corrected chi connectivity index (χ0v) is 16.7. The van der Waals surface area contributed by atoms with Crippen LogP contribution in [-0.4, -0.2) is 22.9 Å². The molecule has 0 spiro atoms. The highest BCUT2D eigenvalue weighted by molar-refractivity contribution is 6.42. The van der Waals surface area contributed by atoms with E-state index >= 15 is 0 Å². The van der Waals surface area contributed by atoms with E-state index < -0.39 is 0 Å². The third kappa shape index (κ3) is 4.43. The fourth-order valence-electron chi connectivity index (χ4n) is 3.27. The molecule has 1 atom stereocenters. The van der Waals surface area contributed by atoms with E-state index in [1.54, 1.807) is 12.1 Å². The van der Waals surface area contributed by atoms with Crippen LogP contribution in [0.3, 0.4) is 0 Å². The molecule has 1 unspecified atom stereocenters. The number of para-hydroxylation sites is 1. The van der Waals surface area contributed by atoms with Gasteiger partial charge in [0.15, 0.2) is 0 Å². The van der Waals surface area contributed by atoms with Gasteiger partial charge < -0.3 is 5.32 Å². The minimum absolute atomic E-state index is 0.00220. The summed E-state index contributed by atoms with van der Waals surface area (Å²) in [7, 11) is 0. The van der Waals surface area contributed by atoms with Crippen molar-refractivity contribution in [3.8, 4) is 0 Å². The quantitative estimate of drug-likeness (QED) is 0.394. The zero-order valence-electron chi connectivity index (χ0n) is 15.2. The number of hydrogen-bond acceptors (Lipinski definition) is 4. The summed E-state index contributed by atoms with van der Waals surface area (Å²) in [6.07, 6.45) is 2.16. The minimum Gasteiger partial charge on any atom is -0.377 e. The number of allylic oxidation sites excluding steroid dienone is 1. The lowest BCUT2D eigenvalue weighted by Crippen LogP contribution is -2.31. The molecule has 0 aromatic heterocycles. The van der Waals surface area contributed by atoms with Gasteiger partial charge in [0.1, 0.15) is 5.69 Å². The second kappa shape index (κ2) is 8.30. The zero-order chi connectivity index (χ0) is 19.6. The van der Waals surface area contributed by atoms with E-state index in [1.807, 2.05) is 18.2 Å². The first-order valence-corrected chi connectivity index (χ1v) is 9.45. The van der Waals surface area contributed by atoms with Gasteiger partial charge in [-0.15, -0.1) is 0 Å². The predicted molar refractivity (Wildman–Crippen MR) is 111 cm³/mol. The van der Waals surface area contributed by atoms with Crippen LogP contribution in [0.5, 0.6) is 0 Å². The van der Waals surface area contributed by atoms with Gasteiger partial charge in [0.05, 0.1) is 21.0 Å². The number of anilines is 1. The van der Waals surface area contributed by atoms with E-state index in [-0.39, 0.29) is 16.7 Å². The Morgan fingerprint density at radius 3 is 2.74 bits per heavy atom. The Balaban J connectivity index is 2.02. The van der Waals surface area contributed by atoms with Crippen molar-refractivity contribution in [2.24, 2.45) is 0 Å². The van der Waals surface area contributed by atoms with Crippen molar-refractivity contribution in [3.63, 3.8) is 0 Å². The summed E-state index contributed by atoms with van der Waals surface area (Å²) in [5, 5.41) is 15.7. The number of nitro benzene ring substituents is 1. The third-order valence-electron chi connectivity index (χ3n) is 4.67. The number of hydrogen-bond donors (Lipinski definition) is 1. The Morgan fingerprint density at radius 2 is 2.07 bits per heavy atom. The van der Waals surface area contributed by atoms with Crippen molar-refractivity contribution >= 4 is 34.6 Å². The Bertz CT molecular complexity index is 895. The average Bonchev–Trinajstić information content (AvgIpc) is 2.81. The fourth-order valence-corrected chi connectivity index (χ4v) is 3.58. The molecule has 0 fully saturated rings. The van der Waals surface area contributed by atoms with Crippen LogP contribution in [0, 0.1) is 10.1 Å². The normalized spacial score (nSPS) is 16.8. The molecule has 142 valence electrons. The lowest BCUT2D eigenvalue weighted by molar-refractivity contribution is -0.384. The minimum atomic E-state index is -0.342. The maximum Gasteiger partial charge on any atom is 0.292 e. The van der Waals surface area contributed by atoms with E-state index in [9.17, 15) is 10.1 Å². The molecule has 27 heavy (non-hydrogen) atoms. The molecular weight excluding hydrogens is 385 g/mol. The third-order valence-corrected chi connectivity index (χ3v) is 5.41. The van der Waals surface area contributed by atoms with Crippen LogP contribution in [0.15, 0.2) is 48.0 Å². The number of fused-ring (bicyclic) bond motifs is 1. The van der Waals surface area contributed by atoms with Gasteiger partial charge in [0.2, 0.25) is 0 Å². The standard InChI is InChI=1S/C20H21Cl2N3O2/c1-13(2)8-9-24-12-15-4-3-5-18(25(26)27)20(15)23-11-19(24)14-6-7-16(21)17(22)10-14/h3-8,10,19,23H,9,11-12H2,1-2H3. The van der Waals surface area contributed by atoms with E-state index in [0.29, 0.717) is 28.8 Å². The van der Waals surface area contributed by atoms with Gasteiger partial charge in [-0.25, -0.2) is 0 Å².